The van der Waals surface area contributed by atoms with Crippen LogP contribution in [-0.4, -0.2) is 29.4 Å². The van der Waals surface area contributed by atoms with Crippen LogP contribution in [0.1, 0.15) is 22.4 Å². The molecule has 1 atom stereocenters. The Morgan fingerprint density at radius 2 is 2.07 bits per heavy atom. The lowest BCUT2D eigenvalue weighted by atomic mass is 9.92. The zero-order valence-electron chi connectivity index (χ0n) is 15.8. The topological polar surface area (TPSA) is 85.8 Å². The first kappa shape index (κ1) is 19.0. The Bertz CT molecular complexity index is 1300. The molecule has 10 heteroatoms. The summed E-state index contributed by atoms with van der Waals surface area (Å²) in [5.41, 5.74) is -1.28. The zero-order valence-corrected chi connectivity index (χ0v) is 16.6. The van der Waals surface area contributed by atoms with Gasteiger partial charge in [0.2, 0.25) is 0 Å². The zero-order chi connectivity index (χ0) is 20.9. The van der Waals surface area contributed by atoms with Gasteiger partial charge in [-0.25, -0.2) is 23.4 Å². The second-order valence-corrected chi connectivity index (χ2v) is 8.55. The average Bonchev–Trinajstić information content (AvgIpc) is 3.41. The fourth-order valence-electron chi connectivity index (χ4n) is 4.08. The molecule has 3 heterocycles. The molecule has 1 N–H and O–H groups in total. The Kier molecular flexibility index (Phi) is 4.48. The highest BCUT2D eigenvalue weighted by Gasteiger charge is 2.35. The van der Waals surface area contributed by atoms with Crippen molar-refractivity contribution < 1.29 is 13.9 Å². The molecule has 154 valence electrons. The van der Waals surface area contributed by atoms with Gasteiger partial charge in [0.15, 0.2) is 0 Å². The molecule has 1 aromatic carbocycles. The van der Waals surface area contributed by atoms with Crippen LogP contribution in [0.15, 0.2) is 42.0 Å². The molecule has 0 amide bonds. The summed E-state index contributed by atoms with van der Waals surface area (Å²) >= 11 is 1.52. The Morgan fingerprint density at radius 3 is 2.83 bits per heavy atom. The average molecular weight is 429 g/mol. The number of halogens is 2. The van der Waals surface area contributed by atoms with Crippen LogP contribution in [0, 0.1) is 11.6 Å². The van der Waals surface area contributed by atoms with E-state index >= 15 is 0 Å². The number of benzene rings is 1. The Balaban J connectivity index is 1.62. The van der Waals surface area contributed by atoms with Crippen molar-refractivity contribution in [3.63, 3.8) is 0 Å². The molecule has 1 aliphatic carbocycles. The molecule has 0 saturated carbocycles. The maximum absolute atomic E-state index is 14.6. The van der Waals surface area contributed by atoms with Gasteiger partial charge in [-0.15, -0.1) is 11.3 Å². The molecule has 4 aromatic rings. The van der Waals surface area contributed by atoms with Crippen LogP contribution in [0.2, 0.25) is 0 Å². The lowest BCUT2D eigenvalue weighted by Crippen LogP contribution is -2.40. The van der Waals surface area contributed by atoms with Gasteiger partial charge in [0.1, 0.15) is 34.7 Å². The summed E-state index contributed by atoms with van der Waals surface area (Å²) in [7, 11) is 0. The van der Waals surface area contributed by atoms with Crippen molar-refractivity contribution in [1.82, 2.24) is 24.3 Å². The second kappa shape index (κ2) is 7.06. The number of hydrogen-bond acceptors (Lipinski definition) is 6. The van der Waals surface area contributed by atoms with E-state index in [0.717, 1.165) is 30.9 Å². The van der Waals surface area contributed by atoms with E-state index in [2.05, 4.69) is 15.1 Å². The van der Waals surface area contributed by atoms with Gasteiger partial charge in [-0.3, -0.25) is 9.36 Å². The minimum atomic E-state index is -1.89. The van der Waals surface area contributed by atoms with Gasteiger partial charge in [-0.1, -0.05) is 6.07 Å². The van der Waals surface area contributed by atoms with Gasteiger partial charge in [-0.2, -0.15) is 5.10 Å². The maximum Gasteiger partial charge on any atom is 0.262 e. The van der Waals surface area contributed by atoms with Gasteiger partial charge < -0.3 is 5.11 Å². The predicted octanol–water partition coefficient (Wildman–Crippen LogP) is 2.40. The molecule has 7 nitrogen and oxygen atoms in total. The van der Waals surface area contributed by atoms with Crippen molar-refractivity contribution in [2.45, 2.75) is 38.0 Å². The number of rotatable bonds is 5. The molecule has 3 aromatic heterocycles. The van der Waals surface area contributed by atoms with Crippen LogP contribution in [0.3, 0.4) is 0 Å². The molecular weight excluding hydrogens is 412 g/mol. The van der Waals surface area contributed by atoms with E-state index in [9.17, 15) is 18.7 Å². The largest absolute Gasteiger partial charge is 0.381 e. The van der Waals surface area contributed by atoms with Crippen molar-refractivity contribution in [3.8, 4) is 0 Å². The Morgan fingerprint density at radius 1 is 1.20 bits per heavy atom. The molecule has 30 heavy (non-hydrogen) atoms. The van der Waals surface area contributed by atoms with Crippen molar-refractivity contribution in [2.75, 3.05) is 0 Å². The minimum Gasteiger partial charge on any atom is -0.381 e. The van der Waals surface area contributed by atoms with Crippen LogP contribution < -0.4 is 5.56 Å². The van der Waals surface area contributed by atoms with Crippen molar-refractivity contribution >= 4 is 21.6 Å². The third-order valence-corrected chi connectivity index (χ3v) is 6.65. The van der Waals surface area contributed by atoms with Gasteiger partial charge in [0, 0.05) is 16.5 Å². The van der Waals surface area contributed by atoms with E-state index in [1.807, 2.05) is 0 Å². The summed E-state index contributed by atoms with van der Waals surface area (Å²) in [6.45, 7) is -0.455. The predicted molar refractivity (Wildman–Crippen MR) is 106 cm³/mol. The molecule has 1 unspecified atom stereocenters. The number of aryl methyl sites for hydroxylation is 2. The fraction of sp³-hybridized carbons (Fsp3) is 0.300. The van der Waals surface area contributed by atoms with Crippen molar-refractivity contribution in [2.24, 2.45) is 0 Å². The number of aromatic nitrogens is 5. The molecule has 0 bridgehead atoms. The van der Waals surface area contributed by atoms with Crippen LogP contribution in [0.25, 0.3) is 10.2 Å². The SMILES string of the molecule is O=c1c2c3c(sc2ncn1CC(O)(Cn1cncn1)c1ccc(F)cc1F)CCC3. The standard InChI is InChI=1S/C20H17F2N5O2S/c21-12-4-5-14(15(22)6-12)20(29,8-27-10-23-9-25-27)7-26-11-24-18-17(19(26)28)13-2-1-3-16(13)30-18/h4-6,9-11,29H,1-3,7-8H2. The van der Waals surface area contributed by atoms with Gasteiger partial charge in [0.05, 0.1) is 24.8 Å². The van der Waals surface area contributed by atoms with Crippen LogP contribution in [-0.2, 0) is 31.5 Å². The lowest BCUT2D eigenvalue weighted by Gasteiger charge is -2.29. The molecular formula is C20H17F2N5O2S. The summed E-state index contributed by atoms with van der Waals surface area (Å²) in [6, 6.07) is 2.96. The van der Waals surface area contributed by atoms with E-state index < -0.39 is 17.2 Å². The minimum absolute atomic E-state index is 0.137. The summed E-state index contributed by atoms with van der Waals surface area (Å²) in [5, 5.41) is 16.0. The first-order chi connectivity index (χ1) is 14.4. The van der Waals surface area contributed by atoms with Crippen LogP contribution in [0.4, 0.5) is 8.78 Å². The highest BCUT2D eigenvalue weighted by Crippen LogP contribution is 2.35. The second-order valence-electron chi connectivity index (χ2n) is 7.46. The molecule has 0 aliphatic heterocycles. The van der Waals surface area contributed by atoms with E-state index in [-0.39, 0.29) is 24.2 Å². The number of fused-ring (bicyclic) bond motifs is 3. The molecule has 0 spiro atoms. The van der Waals surface area contributed by atoms with Crippen LogP contribution >= 0.6 is 11.3 Å². The molecule has 5 rings (SSSR count). The summed E-state index contributed by atoms with van der Waals surface area (Å²) < 4.78 is 30.7. The van der Waals surface area contributed by atoms with E-state index in [1.165, 1.54) is 50.5 Å². The summed E-state index contributed by atoms with van der Waals surface area (Å²) in [4.78, 5) is 23.3. The lowest BCUT2D eigenvalue weighted by molar-refractivity contribution is -0.00641. The number of thiophene rings is 1. The third kappa shape index (κ3) is 3.12. The monoisotopic (exact) mass is 429 g/mol. The molecule has 0 saturated heterocycles. The smallest absolute Gasteiger partial charge is 0.262 e. The maximum atomic E-state index is 14.6. The summed E-state index contributed by atoms with van der Waals surface area (Å²) in [5.74, 6) is -1.66. The van der Waals surface area contributed by atoms with Gasteiger partial charge in [0.25, 0.3) is 5.56 Å². The first-order valence-corrected chi connectivity index (χ1v) is 10.3. The number of aliphatic hydroxyl groups is 1. The quantitative estimate of drug-likeness (QED) is 0.527. The highest BCUT2D eigenvalue weighted by atomic mass is 32.1. The van der Waals surface area contributed by atoms with Gasteiger partial charge >= 0.3 is 0 Å². The molecule has 0 fully saturated rings. The van der Waals surface area contributed by atoms with Crippen LogP contribution in [0.5, 0.6) is 0 Å². The van der Waals surface area contributed by atoms with Crippen molar-refractivity contribution in [3.05, 3.63) is 75.2 Å². The van der Waals surface area contributed by atoms with E-state index in [4.69, 9.17) is 0 Å². The number of nitrogens with zero attached hydrogens (tertiary/aromatic N) is 5. The fourth-order valence-corrected chi connectivity index (χ4v) is 5.30. The molecule has 0 radical (unpaired) electrons. The Hall–Kier alpha value is -2.98. The van der Waals surface area contributed by atoms with E-state index in [0.29, 0.717) is 16.3 Å². The number of hydrogen-bond donors (Lipinski definition) is 1. The normalized spacial score (nSPS) is 15.4. The summed E-state index contributed by atoms with van der Waals surface area (Å²) in [6.07, 6.45) is 6.80. The van der Waals surface area contributed by atoms with E-state index in [1.54, 1.807) is 0 Å². The first-order valence-electron chi connectivity index (χ1n) is 9.45. The highest BCUT2D eigenvalue weighted by molar-refractivity contribution is 7.18. The van der Waals surface area contributed by atoms with Crippen molar-refractivity contribution in [1.29, 1.82) is 0 Å². The Labute approximate surface area is 173 Å². The third-order valence-electron chi connectivity index (χ3n) is 5.45. The van der Waals surface area contributed by atoms with Gasteiger partial charge in [-0.05, 0) is 30.9 Å². The molecule has 1 aliphatic rings.